The third-order valence-electron chi connectivity index (χ3n) is 4.61. The van der Waals surface area contributed by atoms with E-state index >= 15 is 0 Å². The van der Waals surface area contributed by atoms with Crippen LogP contribution in [0.2, 0.25) is 0 Å². The molecule has 0 spiro atoms. The molecule has 27 heavy (non-hydrogen) atoms. The number of hydrogen-bond acceptors (Lipinski definition) is 5. The van der Waals surface area contributed by atoms with E-state index in [-0.39, 0.29) is 23.8 Å². The predicted octanol–water partition coefficient (Wildman–Crippen LogP) is 2.83. The van der Waals surface area contributed by atoms with Crippen molar-refractivity contribution in [3.63, 3.8) is 0 Å². The maximum atomic E-state index is 12.6. The molecular weight excluding hydrogens is 362 g/mol. The lowest BCUT2D eigenvalue weighted by Crippen LogP contribution is -2.44. The second-order valence-corrected chi connectivity index (χ2v) is 7.88. The largest absolute Gasteiger partial charge is 0.341 e. The molecule has 1 aromatic heterocycles. The van der Waals surface area contributed by atoms with Crippen molar-refractivity contribution in [3.8, 4) is 0 Å². The number of para-hydroxylation sites is 1. The van der Waals surface area contributed by atoms with Gasteiger partial charge in [-0.1, -0.05) is 30.0 Å². The molecule has 3 rings (SSSR count). The van der Waals surface area contributed by atoms with Gasteiger partial charge in [0.05, 0.1) is 11.7 Å². The molecule has 2 aromatic rings. The maximum Gasteiger partial charge on any atom is 0.233 e. The highest BCUT2D eigenvalue weighted by Crippen LogP contribution is 2.22. The van der Waals surface area contributed by atoms with E-state index in [2.05, 4.69) is 29.4 Å². The Balaban J connectivity index is 1.53. The molecular formula is C19H25N5O2S. The van der Waals surface area contributed by atoms with Crippen molar-refractivity contribution in [2.45, 2.75) is 37.9 Å². The first kappa shape index (κ1) is 19.4. The Morgan fingerprint density at radius 1 is 1.30 bits per heavy atom. The van der Waals surface area contributed by atoms with Gasteiger partial charge in [-0.3, -0.25) is 9.59 Å². The summed E-state index contributed by atoms with van der Waals surface area (Å²) in [7, 11) is 0. The average Bonchev–Trinajstić information content (AvgIpc) is 3.16. The van der Waals surface area contributed by atoms with Gasteiger partial charge in [0.15, 0.2) is 5.16 Å². The van der Waals surface area contributed by atoms with Crippen molar-refractivity contribution < 1.29 is 9.59 Å². The van der Waals surface area contributed by atoms with Crippen molar-refractivity contribution in [1.29, 1.82) is 0 Å². The second kappa shape index (κ2) is 9.03. The summed E-state index contributed by atoms with van der Waals surface area (Å²) in [5.74, 6) is 0.145. The minimum atomic E-state index is -0.174. The standard InChI is InChI=1S/C19H25N5O2S/c1-14(2)24-13-20-22-19(24)27-12-17(25)23-10-6-7-15(11-23)18(26)21-16-8-4-3-5-9-16/h3-5,8-9,13-15H,6-7,10-12H2,1-2H3,(H,21,26). The summed E-state index contributed by atoms with van der Waals surface area (Å²) in [6.07, 6.45) is 3.32. The van der Waals surface area contributed by atoms with Crippen LogP contribution in [-0.2, 0) is 9.59 Å². The summed E-state index contributed by atoms with van der Waals surface area (Å²) in [6.45, 7) is 5.27. The SMILES string of the molecule is CC(C)n1cnnc1SCC(=O)N1CCCC(C(=O)Nc2ccccc2)C1. The van der Waals surface area contributed by atoms with Crippen LogP contribution < -0.4 is 5.32 Å². The third kappa shape index (κ3) is 5.09. The molecule has 1 aliphatic heterocycles. The van der Waals surface area contributed by atoms with Gasteiger partial charge in [0.2, 0.25) is 11.8 Å². The average molecular weight is 388 g/mol. The van der Waals surface area contributed by atoms with Gasteiger partial charge in [-0.25, -0.2) is 0 Å². The first-order valence-electron chi connectivity index (χ1n) is 9.20. The number of thioether (sulfide) groups is 1. The number of carbonyl (C=O) groups excluding carboxylic acids is 2. The topological polar surface area (TPSA) is 80.1 Å². The zero-order valence-electron chi connectivity index (χ0n) is 15.7. The number of benzene rings is 1. The lowest BCUT2D eigenvalue weighted by molar-refractivity contribution is -0.132. The van der Waals surface area contributed by atoms with Gasteiger partial charge in [-0.2, -0.15) is 0 Å². The van der Waals surface area contributed by atoms with Crippen molar-refractivity contribution in [2.75, 3.05) is 24.2 Å². The molecule has 8 heteroatoms. The van der Waals surface area contributed by atoms with Crippen LogP contribution in [0.15, 0.2) is 41.8 Å². The van der Waals surface area contributed by atoms with Crippen LogP contribution in [0.5, 0.6) is 0 Å². The van der Waals surface area contributed by atoms with Crippen molar-refractivity contribution in [3.05, 3.63) is 36.7 Å². The van der Waals surface area contributed by atoms with Crippen molar-refractivity contribution >= 4 is 29.3 Å². The van der Waals surface area contributed by atoms with Gasteiger partial charge in [-0.05, 0) is 38.8 Å². The lowest BCUT2D eigenvalue weighted by atomic mass is 9.97. The number of rotatable bonds is 6. The fourth-order valence-corrected chi connectivity index (χ4v) is 4.04. The Hall–Kier alpha value is -2.35. The number of anilines is 1. The zero-order chi connectivity index (χ0) is 19.2. The molecule has 0 aliphatic carbocycles. The van der Waals surface area contributed by atoms with Gasteiger partial charge in [0.1, 0.15) is 6.33 Å². The van der Waals surface area contributed by atoms with E-state index in [1.807, 2.05) is 34.9 Å². The number of piperidine rings is 1. The number of nitrogens with one attached hydrogen (secondary N) is 1. The molecule has 0 saturated carbocycles. The van der Waals surface area contributed by atoms with E-state index < -0.39 is 0 Å². The molecule has 1 N–H and O–H groups in total. The lowest BCUT2D eigenvalue weighted by Gasteiger charge is -2.32. The summed E-state index contributed by atoms with van der Waals surface area (Å²) < 4.78 is 1.95. The molecule has 1 aromatic carbocycles. The molecule has 1 atom stereocenters. The van der Waals surface area contributed by atoms with E-state index in [0.717, 1.165) is 23.7 Å². The number of aromatic nitrogens is 3. The van der Waals surface area contributed by atoms with E-state index in [0.29, 0.717) is 18.8 Å². The Morgan fingerprint density at radius 2 is 2.07 bits per heavy atom. The highest BCUT2D eigenvalue weighted by Gasteiger charge is 2.28. The molecule has 1 aliphatic rings. The Morgan fingerprint density at radius 3 is 2.81 bits per heavy atom. The highest BCUT2D eigenvalue weighted by molar-refractivity contribution is 7.99. The molecule has 1 fully saturated rings. The monoisotopic (exact) mass is 387 g/mol. The van der Waals surface area contributed by atoms with Crippen LogP contribution in [0, 0.1) is 5.92 Å². The van der Waals surface area contributed by atoms with E-state index in [9.17, 15) is 9.59 Å². The van der Waals surface area contributed by atoms with E-state index in [4.69, 9.17) is 0 Å². The van der Waals surface area contributed by atoms with Gasteiger partial charge in [0, 0.05) is 24.8 Å². The summed E-state index contributed by atoms with van der Waals surface area (Å²) in [5, 5.41) is 11.7. The first-order valence-corrected chi connectivity index (χ1v) is 10.2. The summed E-state index contributed by atoms with van der Waals surface area (Å²) in [6, 6.07) is 9.67. The summed E-state index contributed by atoms with van der Waals surface area (Å²) in [4.78, 5) is 26.9. The molecule has 7 nitrogen and oxygen atoms in total. The Bertz CT molecular complexity index is 777. The molecule has 2 amide bonds. The number of nitrogens with zero attached hydrogens (tertiary/aromatic N) is 4. The molecule has 2 heterocycles. The third-order valence-corrected chi connectivity index (χ3v) is 5.55. The quantitative estimate of drug-likeness (QED) is 0.771. The van der Waals surface area contributed by atoms with Crippen LogP contribution in [0.4, 0.5) is 5.69 Å². The van der Waals surface area contributed by atoms with Crippen molar-refractivity contribution in [2.24, 2.45) is 5.92 Å². The maximum absolute atomic E-state index is 12.6. The minimum Gasteiger partial charge on any atom is -0.341 e. The van der Waals surface area contributed by atoms with Crippen molar-refractivity contribution in [1.82, 2.24) is 19.7 Å². The number of carbonyl (C=O) groups is 2. The first-order chi connectivity index (χ1) is 13.0. The number of amides is 2. The van der Waals surface area contributed by atoms with Gasteiger partial charge < -0.3 is 14.8 Å². The minimum absolute atomic E-state index is 0.0223. The summed E-state index contributed by atoms with van der Waals surface area (Å²) >= 11 is 1.39. The fraction of sp³-hybridized carbons (Fsp3) is 0.474. The smallest absolute Gasteiger partial charge is 0.233 e. The van der Waals surface area contributed by atoms with Crippen LogP contribution in [0.25, 0.3) is 0 Å². The Labute approximate surface area is 163 Å². The number of hydrogen-bond donors (Lipinski definition) is 1. The molecule has 0 bridgehead atoms. The van der Waals surface area contributed by atoms with E-state index in [1.165, 1.54) is 11.8 Å². The molecule has 144 valence electrons. The van der Waals surface area contributed by atoms with Gasteiger partial charge >= 0.3 is 0 Å². The zero-order valence-corrected chi connectivity index (χ0v) is 16.5. The van der Waals surface area contributed by atoms with Crippen LogP contribution >= 0.6 is 11.8 Å². The Kier molecular flexibility index (Phi) is 6.49. The second-order valence-electron chi connectivity index (χ2n) is 6.94. The summed E-state index contributed by atoms with van der Waals surface area (Å²) in [5.41, 5.74) is 0.787. The van der Waals surface area contributed by atoms with Gasteiger partial charge in [0.25, 0.3) is 0 Å². The highest BCUT2D eigenvalue weighted by atomic mass is 32.2. The van der Waals surface area contributed by atoms with Gasteiger partial charge in [-0.15, -0.1) is 10.2 Å². The molecule has 1 unspecified atom stereocenters. The van der Waals surface area contributed by atoms with Crippen LogP contribution in [0.1, 0.15) is 32.7 Å². The normalized spacial score (nSPS) is 17.1. The predicted molar refractivity (Wildman–Crippen MR) is 106 cm³/mol. The van der Waals surface area contributed by atoms with Crippen LogP contribution in [0.3, 0.4) is 0 Å². The molecule has 0 radical (unpaired) electrons. The molecule has 1 saturated heterocycles. The van der Waals surface area contributed by atoms with Crippen LogP contribution in [-0.4, -0.2) is 50.3 Å². The van der Waals surface area contributed by atoms with E-state index in [1.54, 1.807) is 11.2 Å². The fourth-order valence-electron chi connectivity index (χ4n) is 3.09. The number of likely N-dealkylation sites (tertiary alicyclic amines) is 1.